The van der Waals surface area contributed by atoms with Crippen molar-refractivity contribution in [2.45, 2.75) is 13.8 Å². The van der Waals surface area contributed by atoms with Crippen molar-refractivity contribution >= 4 is 18.4 Å². The van der Waals surface area contributed by atoms with Gasteiger partial charge in [-0.1, -0.05) is 5.46 Å². The number of aryl methyl sites for hydroxylation is 1. The average molecular weight is 274 g/mol. The molecule has 0 saturated heterocycles. The van der Waals surface area contributed by atoms with Gasteiger partial charge < -0.3 is 17.7 Å². The fourth-order valence-corrected chi connectivity index (χ4v) is 1.37. The van der Waals surface area contributed by atoms with Crippen molar-refractivity contribution in [3.05, 3.63) is 11.4 Å². The summed E-state index contributed by atoms with van der Waals surface area (Å²) in [6, 6.07) is 0. The van der Waals surface area contributed by atoms with Gasteiger partial charge in [-0.15, -0.1) is 0 Å². The second kappa shape index (κ2) is 6.37. The van der Waals surface area contributed by atoms with Crippen molar-refractivity contribution in [2.75, 3.05) is 6.61 Å². The average Bonchev–Trinajstić information content (AvgIpc) is 2.43. The summed E-state index contributed by atoms with van der Waals surface area (Å²) in [6.45, 7) is -2.47. The second-order valence-corrected chi connectivity index (χ2v) is 3.27. The van der Waals surface area contributed by atoms with Crippen LogP contribution >= 0.6 is 0 Å². The van der Waals surface area contributed by atoms with Crippen molar-refractivity contribution in [3.8, 4) is 0 Å². The zero-order chi connectivity index (χ0) is 12.5. The number of esters is 1. The van der Waals surface area contributed by atoms with Crippen LogP contribution in [-0.2, 0) is 11.8 Å². The Morgan fingerprint density at radius 1 is 1.47 bits per heavy atom. The number of rotatable bonds is 3. The molecule has 90 valence electrons. The molecule has 0 saturated carbocycles. The van der Waals surface area contributed by atoms with Gasteiger partial charge in [0.25, 0.3) is 0 Å². The topological polar surface area (TPSA) is 44.1 Å². The van der Waals surface area contributed by atoms with Gasteiger partial charge in [0.15, 0.2) is 0 Å². The quantitative estimate of drug-likeness (QED) is 0.471. The molecule has 0 bridgehead atoms. The van der Waals surface area contributed by atoms with E-state index in [9.17, 15) is 17.7 Å². The molecule has 0 fully saturated rings. The number of aromatic nitrogens is 2. The minimum atomic E-state index is -5.27. The standard InChI is InChI=1S/C8H11BF3N2O2.K/c1-4-16-8(15)7-6(9(10,11)12)5(2)14(3)13-7;/h4H2,1-3H3;/q-1;+1. The fourth-order valence-electron chi connectivity index (χ4n) is 1.37. The van der Waals surface area contributed by atoms with Gasteiger partial charge in [-0.3, -0.25) is 4.68 Å². The third-order valence-corrected chi connectivity index (χ3v) is 2.18. The number of ether oxygens (including phenoxy) is 1. The Morgan fingerprint density at radius 3 is 2.41 bits per heavy atom. The largest absolute Gasteiger partial charge is 1.00 e. The zero-order valence-corrected chi connectivity index (χ0v) is 13.3. The first-order valence-corrected chi connectivity index (χ1v) is 4.69. The predicted octanol–water partition coefficient (Wildman–Crippen LogP) is -2.04. The van der Waals surface area contributed by atoms with Crippen molar-refractivity contribution in [3.63, 3.8) is 0 Å². The molecule has 0 aliphatic heterocycles. The van der Waals surface area contributed by atoms with Gasteiger partial charge in [-0.25, -0.2) is 4.79 Å². The van der Waals surface area contributed by atoms with Gasteiger partial charge in [0, 0.05) is 12.7 Å². The third kappa shape index (κ3) is 3.82. The van der Waals surface area contributed by atoms with E-state index in [2.05, 4.69) is 9.84 Å². The Morgan fingerprint density at radius 2 is 2.00 bits per heavy atom. The van der Waals surface area contributed by atoms with Crippen LogP contribution in [0.5, 0.6) is 0 Å². The number of carbonyl (C=O) groups is 1. The molecular weight excluding hydrogens is 263 g/mol. The van der Waals surface area contributed by atoms with E-state index in [4.69, 9.17) is 0 Å². The molecule has 1 aromatic heterocycles. The Hall–Kier alpha value is 0.171. The van der Waals surface area contributed by atoms with Gasteiger partial charge >= 0.3 is 64.3 Å². The Bertz CT molecular complexity index is 420. The maximum atomic E-state index is 12.7. The monoisotopic (exact) mass is 274 g/mol. The van der Waals surface area contributed by atoms with Crippen molar-refractivity contribution in [2.24, 2.45) is 7.05 Å². The molecule has 0 aromatic carbocycles. The van der Waals surface area contributed by atoms with Gasteiger partial charge in [-0.2, -0.15) is 5.10 Å². The number of nitrogens with zero attached hydrogens (tertiary/aromatic N) is 2. The van der Waals surface area contributed by atoms with Crippen molar-refractivity contribution < 1.29 is 73.9 Å². The molecule has 0 unspecified atom stereocenters. The molecule has 0 radical (unpaired) electrons. The van der Waals surface area contributed by atoms with Gasteiger partial charge in [0.1, 0.15) is 5.69 Å². The molecule has 4 nitrogen and oxygen atoms in total. The third-order valence-electron chi connectivity index (χ3n) is 2.18. The molecule has 9 heteroatoms. The minimum Gasteiger partial charge on any atom is -0.461 e. The van der Waals surface area contributed by atoms with E-state index < -0.39 is 24.1 Å². The van der Waals surface area contributed by atoms with Crippen molar-refractivity contribution in [1.29, 1.82) is 0 Å². The predicted molar refractivity (Wildman–Crippen MR) is 52.6 cm³/mol. The van der Waals surface area contributed by atoms with Crippen LogP contribution in [0.1, 0.15) is 23.1 Å². The van der Waals surface area contributed by atoms with Crippen LogP contribution in [0.4, 0.5) is 12.9 Å². The molecule has 0 amide bonds. The molecule has 1 rings (SSSR count). The minimum absolute atomic E-state index is 0. The molecule has 0 aliphatic carbocycles. The van der Waals surface area contributed by atoms with E-state index in [0.717, 1.165) is 4.68 Å². The number of halogens is 3. The molecule has 1 heterocycles. The number of hydrogen-bond donors (Lipinski definition) is 0. The normalized spacial score (nSPS) is 10.9. The summed E-state index contributed by atoms with van der Waals surface area (Å²) in [5.74, 6) is -1.04. The summed E-state index contributed by atoms with van der Waals surface area (Å²) in [6.07, 6.45) is 0. The smallest absolute Gasteiger partial charge is 0.461 e. The van der Waals surface area contributed by atoms with Crippen LogP contribution in [0, 0.1) is 6.92 Å². The Balaban J connectivity index is 0.00000256. The van der Waals surface area contributed by atoms with E-state index in [1.54, 1.807) is 0 Å². The summed E-state index contributed by atoms with van der Waals surface area (Å²) in [7, 11) is 1.35. The van der Waals surface area contributed by atoms with Gasteiger partial charge in [0.2, 0.25) is 0 Å². The molecule has 17 heavy (non-hydrogen) atoms. The molecule has 0 aliphatic rings. The number of carbonyl (C=O) groups excluding carboxylic acids is 1. The number of hydrogen-bond acceptors (Lipinski definition) is 3. The van der Waals surface area contributed by atoms with E-state index in [0.29, 0.717) is 0 Å². The second-order valence-electron chi connectivity index (χ2n) is 3.27. The molecule has 0 atom stereocenters. The first-order chi connectivity index (χ1) is 7.29. The molecular formula is C8H11BF3KN2O2. The maximum Gasteiger partial charge on any atom is 1.00 e. The van der Waals surface area contributed by atoms with E-state index >= 15 is 0 Å². The summed E-state index contributed by atoms with van der Waals surface area (Å²) < 4.78 is 43.7. The van der Waals surface area contributed by atoms with E-state index in [1.165, 1.54) is 20.9 Å². The first kappa shape index (κ1) is 17.2. The van der Waals surface area contributed by atoms with Crippen LogP contribution in [0.25, 0.3) is 0 Å². The Labute approximate surface area is 139 Å². The first-order valence-electron chi connectivity index (χ1n) is 4.69. The van der Waals surface area contributed by atoms with Crippen LogP contribution in [0.3, 0.4) is 0 Å². The van der Waals surface area contributed by atoms with Gasteiger partial charge in [0.05, 0.1) is 6.61 Å². The van der Waals surface area contributed by atoms with Crippen LogP contribution in [0.15, 0.2) is 0 Å². The summed E-state index contributed by atoms with van der Waals surface area (Å²) in [4.78, 5) is 11.3. The molecule has 1 aromatic rings. The van der Waals surface area contributed by atoms with Gasteiger partial charge in [-0.05, 0) is 13.8 Å². The van der Waals surface area contributed by atoms with E-state index in [1.807, 2.05) is 0 Å². The Kier molecular flexibility index (Phi) is 6.43. The summed E-state index contributed by atoms with van der Waals surface area (Å²) >= 11 is 0. The SMILES string of the molecule is CCOC(=O)c1nn(C)c(C)c1[B-](F)(F)F.[K+]. The summed E-state index contributed by atoms with van der Waals surface area (Å²) in [5, 5.41) is 3.53. The zero-order valence-electron chi connectivity index (χ0n) is 10.1. The van der Waals surface area contributed by atoms with Crippen LogP contribution in [-0.4, -0.2) is 29.3 Å². The fraction of sp³-hybridized carbons (Fsp3) is 0.500. The maximum absolute atomic E-state index is 12.7. The molecule has 0 spiro atoms. The van der Waals surface area contributed by atoms with Crippen molar-refractivity contribution in [1.82, 2.24) is 9.78 Å². The van der Waals surface area contributed by atoms with Crippen LogP contribution in [0.2, 0.25) is 0 Å². The van der Waals surface area contributed by atoms with E-state index in [-0.39, 0.29) is 63.7 Å². The summed E-state index contributed by atoms with van der Waals surface area (Å²) in [5.41, 5.74) is -1.72. The molecule has 0 N–H and O–H groups in total. The van der Waals surface area contributed by atoms with Crippen LogP contribution < -0.4 is 56.8 Å².